The standard InChI is InChI=1S/H2O2.2H2O.Re/c1-2;;;/h1-2H;2*1H2;. The Balaban J connectivity index is -0.00000000167. The Bertz CT molecular complexity index is 3.61. The molecule has 0 aromatic carbocycles. The van der Waals surface area contributed by atoms with Gasteiger partial charge in [-0.3, -0.25) is 10.5 Å². The quantitative estimate of drug-likeness (QED) is 0.401. The molecule has 0 heterocycles. The molecule has 4 nitrogen and oxygen atoms in total. The Morgan fingerprint density at radius 1 is 0.800 bits per heavy atom. The SMILES string of the molecule is O.O.OO.[Re]. The van der Waals surface area contributed by atoms with Crippen LogP contribution in [0.5, 0.6) is 0 Å². The van der Waals surface area contributed by atoms with Gasteiger partial charge in [0, 0.05) is 20.4 Å². The molecule has 0 rings (SSSR count). The summed E-state index contributed by atoms with van der Waals surface area (Å²) in [6, 6.07) is 0. The molecule has 0 saturated carbocycles. The van der Waals surface area contributed by atoms with Crippen LogP contribution in [0, 0.1) is 0 Å². The van der Waals surface area contributed by atoms with Gasteiger partial charge >= 0.3 is 0 Å². The van der Waals surface area contributed by atoms with Crippen LogP contribution in [0.4, 0.5) is 0 Å². The normalized spacial score (nSPS) is 1.20. The molecule has 0 aliphatic rings. The van der Waals surface area contributed by atoms with Crippen molar-refractivity contribution in [2.45, 2.75) is 0 Å². The summed E-state index contributed by atoms with van der Waals surface area (Å²) in [6.45, 7) is 0. The Hall–Kier alpha value is 0.502. The first-order valence-corrected chi connectivity index (χ1v) is 0.200. The zero-order valence-electron chi connectivity index (χ0n) is 2.27. The van der Waals surface area contributed by atoms with E-state index < -0.39 is 0 Å². The van der Waals surface area contributed by atoms with Crippen LogP contribution in [0.15, 0.2) is 0 Å². The van der Waals surface area contributed by atoms with Crippen molar-refractivity contribution < 1.29 is 41.9 Å². The van der Waals surface area contributed by atoms with Crippen LogP contribution >= 0.6 is 0 Å². The molecule has 0 bridgehead atoms. The van der Waals surface area contributed by atoms with E-state index in [-0.39, 0.29) is 31.4 Å². The van der Waals surface area contributed by atoms with Gasteiger partial charge in [-0.25, -0.2) is 0 Å². The topological polar surface area (TPSA) is 103 Å². The van der Waals surface area contributed by atoms with Crippen LogP contribution < -0.4 is 0 Å². The molecular weight excluding hydrogens is 250 g/mol. The summed E-state index contributed by atoms with van der Waals surface area (Å²) >= 11 is 0. The van der Waals surface area contributed by atoms with Crippen molar-refractivity contribution in [1.82, 2.24) is 0 Å². The average Bonchev–Trinajstić information content (AvgIpc) is 1.00. The van der Waals surface area contributed by atoms with Gasteiger partial charge < -0.3 is 11.0 Å². The minimum absolute atomic E-state index is 0. The van der Waals surface area contributed by atoms with Gasteiger partial charge in [0.25, 0.3) is 0 Å². The fourth-order valence-electron chi connectivity index (χ4n) is 0. The number of hydrogen-bond donors (Lipinski definition) is 2. The molecule has 0 unspecified atom stereocenters. The molecule has 0 aromatic heterocycles. The molecule has 0 aromatic rings. The maximum Gasteiger partial charge on any atom is 0 e. The summed E-state index contributed by atoms with van der Waals surface area (Å²) in [6.07, 6.45) is 0. The smallest absolute Gasteiger partial charge is 0 e. The first kappa shape index (κ1) is 49.4. The average molecular weight is 256 g/mol. The molecular formula is H6O4Re. The zero-order valence-corrected chi connectivity index (χ0v) is 4.99. The van der Waals surface area contributed by atoms with Gasteiger partial charge in [0.2, 0.25) is 0 Å². The number of rotatable bonds is 0. The first-order valence-electron chi connectivity index (χ1n) is 0.200. The third kappa shape index (κ3) is 112. The van der Waals surface area contributed by atoms with Crippen molar-refractivity contribution in [3.8, 4) is 0 Å². The van der Waals surface area contributed by atoms with E-state index in [1.54, 1.807) is 0 Å². The predicted molar refractivity (Wildman–Crippen MR) is 12.5 cm³/mol. The largest absolute Gasteiger partial charge is 0.412 e. The van der Waals surface area contributed by atoms with Crippen molar-refractivity contribution >= 4 is 0 Å². The van der Waals surface area contributed by atoms with Crippen molar-refractivity contribution in [2.75, 3.05) is 0 Å². The van der Waals surface area contributed by atoms with Crippen molar-refractivity contribution in [3.63, 3.8) is 0 Å². The summed E-state index contributed by atoms with van der Waals surface area (Å²) in [4.78, 5) is 0. The van der Waals surface area contributed by atoms with E-state index >= 15 is 0 Å². The van der Waals surface area contributed by atoms with Crippen LogP contribution in [0.3, 0.4) is 0 Å². The Kier molecular flexibility index (Phi) is 2160. The molecule has 0 amide bonds. The zero-order chi connectivity index (χ0) is 2.00. The van der Waals surface area contributed by atoms with Crippen LogP contribution in [-0.4, -0.2) is 21.5 Å². The fraction of sp³-hybridized carbons (Fsp3) is 0. The van der Waals surface area contributed by atoms with Crippen molar-refractivity contribution in [3.05, 3.63) is 0 Å². The Morgan fingerprint density at radius 2 is 0.800 bits per heavy atom. The second-order valence-corrected chi connectivity index (χ2v) is 0. The molecule has 0 aliphatic heterocycles. The van der Waals surface area contributed by atoms with E-state index in [1.165, 1.54) is 0 Å². The summed E-state index contributed by atoms with van der Waals surface area (Å²) in [5.74, 6) is 0. The van der Waals surface area contributed by atoms with Gasteiger partial charge in [-0.2, -0.15) is 0 Å². The van der Waals surface area contributed by atoms with Crippen LogP contribution in [-0.2, 0) is 20.4 Å². The van der Waals surface area contributed by atoms with E-state index in [1.807, 2.05) is 0 Å². The second kappa shape index (κ2) is 219. The van der Waals surface area contributed by atoms with E-state index in [2.05, 4.69) is 0 Å². The molecule has 0 atom stereocenters. The van der Waals surface area contributed by atoms with Gasteiger partial charge in [0.15, 0.2) is 0 Å². The Morgan fingerprint density at radius 3 is 0.800 bits per heavy atom. The molecule has 5 heavy (non-hydrogen) atoms. The molecule has 0 aliphatic carbocycles. The molecule has 1 radical (unpaired) electrons. The maximum atomic E-state index is 6.00. The van der Waals surface area contributed by atoms with Crippen LogP contribution in [0.2, 0.25) is 0 Å². The van der Waals surface area contributed by atoms with Crippen molar-refractivity contribution in [2.24, 2.45) is 0 Å². The summed E-state index contributed by atoms with van der Waals surface area (Å²) in [7, 11) is 0. The van der Waals surface area contributed by atoms with E-state index in [9.17, 15) is 0 Å². The fourth-order valence-corrected chi connectivity index (χ4v) is 0. The minimum Gasteiger partial charge on any atom is -0.412 e. The maximum absolute atomic E-state index is 6.00. The molecule has 0 spiro atoms. The van der Waals surface area contributed by atoms with Crippen LogP contribution in [0.25, 0.3) is 0 Å². The van der Waals surface area contributed by atoms with Gasteiger partial charge in [-0.1, -0.05) is 0 Å². The summed E-state index contributed by atoms with van der Waals surface area (Å²) in [5, 5.41) is 12.0. The van der Waals surface area contributed by atoms with Gasteiger partial charge in [-0.05, 0) is 0 Å². The van der Waals surface area contributed by atoms with Gasteiger partial charge in [-0.15, -0.1) is 0 Å². The molecule has 0 fully saturated rings. The van der Waals surface area contributed by atoms with Crippen LogP contribution in [0.1, 0.15) is 0 Å². The molecule has 5 heteroatoms. The third-order valence-corrected chi connectivity index (χ3v) is 0. The Labute approximate surface area is 42.6 Å². The molecule has 0 saturated heterocycles. The van der Waals surface area contributed by atoms with Gasteiger partial charge in [0.05, 0.1) is 0 Å². The van der Waals surface area contributed by atoms with Gasteiger partial charge in [0.1, 0.15) is 0 Å². The monoisotopic (exact) mass is 257 g/mol. The van der Waals surface area contributed by atoms with E-state index in [4.69, 9.17) is 10.5 Å². The third-order valence-electron chi connectivity index (χ3n) is 0. The molecule has 6 N–H and O–H groups in total. The van der Waals surface area contributed by atoms with Crippen molar-refractivity contribution in [1.29, 1.82) is 0 Å². The number of hydrogen-bond acceptors (Lipinski definition) is 2. The van der Waals surface area contributed by atoms with E-state index in [0.29, 0.717) is 0 Å². The van der Waals surface area contributed by atoms with E-state index in [0.717, 1.165) is 0 Å². The first-order chi connectivity index (χ1) is 1.00. The second-order valence-electron chi connectivity index (χ2n) is 0. The summed E-state index contributed by atoms with van der Waals surface area (Å²) < 4.78 is 0. The predicted octanol–water partition coefficient (Wildman–Crippen LogP) is -1.63. The minimum atomic E-state index is 0. The summed E-state index contributed by atoms with van der Waals surface area (Å²) in [5.41, 5.74) is 0. The molecule has 37 valence electrons.